The summed E-state index contributed by atoms with van der Waals surface area (Å²) in [5.74, 6) is 9.00. The van der Waals surface area contributed by atoms with Crippen molar-refractivity contribution in [1.29, 1.82) is 0 Å². The van der Waals surface area contributed by atoms with Crippen molar-refractivity contribution in [2.24, 2.45) is 5.84 Å². The van der Waals surface area contributed by atoms with E-state index >= 15 is 0 Å². The lowest BCUT2D eigenvalue weighted by atomic mass is 10.0. The molecular weight excluding hydrogens is 200 g/mol. The molecule has 1 rings (SSSR count). The molecule has 0 saturated carbocycles. The molecule has 1 aromatic carbocycles. The average molecular weight is 218 g/mol. The van der Waals surface area contributed by atoms with Gasteiger partial charge in [0, 0.05) is 12.5 Å². The van der Waals surface area contributed by atoms with E-state index in [1.165, 1.54) is 0 Å². The van der Waals surface area contributed by atoms with Crippen molar-refractivity contribution in [3.63, 3.8) is 0 Å². The molecule has 3 heteroatoms. The molecule has 0 fully saturated rings. The van der Waals surface area contributed by atoms with Crippen molar-refractivity contribution in [1.82, 2.24) is 5.43 Å². The number of hydrazine groups is 1. The van der Waals surface area contributed by atoms with E-state index in [0.717, 1.165) is 30.6 Å². The number of nitrogens with one attached hydrogen (secondary N) is 1. The monoisotopic (exact) mass is 218 g/mol. The Kier molecular flexibility index (Phi) is 5.41. The molecule has 0 aliphatic carbocycles. The van der Waals surface area contributed by atoms with E-state index in [4.69, 9.17) is 17.0 Å². The first-order valence-corrected chi connectivity index (χ1v) is 5.35. The summed E-state index contributed by atoms with van der Waals surface area (Å²) in [7, 11) is 1.65. The number of benzene rings is 1. The van der Waals surface area contributed by atoms with Crippen LogP contribution in [0.4, 0.5) is 0 Å². The maximum Gasteiger partial charge on any atom is 0.118 e. The van der Waals surface area contributed by atoms with E-state index in [0.29, 0.717) is 0 Å². The second-order valence-electron chi connectivity index (χ2n) is 3.59. The minimum atomic E-state index is 0.152. The maximum absolute atomic E-state index is 5.52. The summed E-state index contributed by atoms with van der Waals surface area (Å²) in [4.78, 5) is 0. The predicted octanol–water partition coefficient (Wildman–Crippen LogP) is 2.00. The molecule has 3 nitrogen and oxygen atoms in total. The SMILES string of the molecule is C#CCCCC(NN)c1ccc(OC)cc1. The largest absolute Gasteiger partial charge is 0.497 e. The highest BCUT2D eigenvalue weighted by Gasteiger charge is 2.08. The molecule has 1 aromatic rings. The molecule has 0 bridgehead atoms. The number of hydrogen-bond donors (Lipinski definition) is 2. The Bertz CT molecular complexity index is 340. The first-order chi connectivity index (χ1) is 7.81. The van der Waals surface area contributed by atoms with Crippen molar-refractivity contribution in [2.75, 3.05) is 7.11 Å². The lowest BCUT2D eigenvalue weighted by Crippen LogP contribution is -2.27. The van der Waals surface area contributed by atoms with Crippen molar-refractivity contribution >= 4 is 0 Å². The molecule has 0 aromatic heterocycles. The highest BCUT2D eigenvalue weighted by atomic mass is 16.5. The third kappa shape index (κ3) is 3.58. The van der Waals surface area contributed by atoms with E-state index < -0.39 is 0 Å². The summed E-state index contributed by atoms with van der Waals surface area (Å²) >= 11 is 0. The number of hydrogen-bond acceptors (Lipinski definition) is 3. The molecule has 1 unspecified atom stereocenters. The van der Waals surface area contributed by atoms with Gasteiger partial charge < -0.3 is 4.74 Å². The highest BCUT2D eigenvalue weighted by molar-refractivity contribution is 5.29. The fraction of sp³-hybridized carbons (Fsp3) is 0.385. The van der Waals surface area contributed by atoms with E-state index in [-0.39, 0.29) is 6.04 Å². The van der Waals surface area contributed by atoms with Crippen LogP contribution < -0.4 is 16.0 Å². The Morgan fingerprint density at radius 1 is 1.44 bits per heavy atom. The molecule has 0 aliphatic heterocycles. The summed E-state index contributed by atoms with van der Waals surface area (Å²) in [6.45, 7) is 0. The molecule has 1 atom stereocenters. The van der Waals surface area contributed by atoms with Crippen molar-refractivity contribution < 1.29 is 4.74 Å². The Morgan fingerprint density at radius 3 is 2.62 bits per heavy atom. The van der Waals surface area contributed by atoms with Gasteiger partial charge in [-0.25, -0.2) is 0 Å². The number of rotatable bonds is 6. The zero-order chi connectivity index (χ0) is 11.8. The fourth-order valence-electron chi connectivity index (χ4n) is 1.59. The van der Waals surface area contributed by atoms with E-state index in [1.54, 1.807) is 7.11 Å². The zero-order valence-corrected chi connectivity index (χ0v) is 9.57. The van der Waals surface area contributed by atoms with Crippen LogP contribution in [0.25, 0.3) is 0 Å². The summed E-state index contributed by atoms with van der Waals surface area (Å²) in [6, 6.07) is 8.04. The average Bonchev–Trinajstić information content (AvgIpc) is 2.35. The van der Waals surface area contributed by atoms with E-state index in [1.807, 2.05) is 24.3 Å². The summed E-state index contributed by atoms with van der Waals surface area (Å²) < 4.78 is 5.10. The Balaban J connectivity index is 2.60. The van der Waals surface area contributed by atoms with Gasteiger partial charge in [-0.2, -0.15) is 0 Å². The third-order valence-electron chi connectivity index (χ3n) is 2.53. The molecular formula is C13H18N2O. The van der Waals surface area contributed by atoms with Gasteiger partial charge in [0.05, 0.1) is 7.11 Å². The van der Waals surface area contributed by atoms with Crippen LogP contribution in [0.1, 0.15) is 30.9 Å². The van der Waals surface area contributed by atoms with Gasteiger partial charge in [0.15, 0.2) is 0 Å². The molecule has 0 amide bonds. The van der Waals surface area contributed by atoms with Crippen LogP contribution >= 0.6 is 0 Å². The number of methoxy groups -OCH3 is 1. The van der Waals surface area contributed by atoms with E-state index in [2.05, 4.69) is 11.3 Å². The fourth-order valence-corrected chi connectivity index (χ4v) is 1.59. The van der Waals surface area contributed by atoms with Gasteiger partial charge in [-0.05, 0) is 30.5 Å². The lowest BCUT2D eigenvalue weighted by Gasteiger charge is -2.15. The Morgan fingerprint density at radius 2 is 2.12 bits per heavy atom. The number of ether oxygens (including phenoxy) is 1. The van der Waals surface area contributed by atoms with Crippen LogP contribution in [-0.2, 0) is 0 Å². The molecule has 3 N–H and O–H groups in total. The van der Waals surface area contributed by atoms with Gasteiger partial charge in [0.1, 0.15) is 5.75 Å². The predicted molar refractivity (Wildman–Crippen MR) is 65.7 cm³/mol. The standard InChI is InChI=1S/C13H18N2O/c1-3-4-5-6-13(15-14)11-7-9-12(16-2)10-8-11/h1,7-10,13,15H,4-6,14H2,2H3. The normalized spacial score (nSPS) is 11.8. The molecule has 0 aliphatic rings. The smallest absolute Gasteiger partial charge is 0.118 e. The van der Waals surface area contributed by atoms with Crippen molar-refractivity contribution in [2.45, 2.75) is 25.3 Å². The lowest BCUT2D eigenvalue weighted by molar-refractivity contribution is 0.414. The van der Waals surface area contributed by atoms with Crippen LogP contribution in [0.5, 0.6) is 5.75 Å². The quantitative estimate of drug-likeness (QED) is 0.332. The van der Waals surface area contributed by atoms with Crippen LogP contribution in [-0.4, -0.2) is 7.11 Å². The van der Waals surface area contributed by atoms with Crippen molar-refractivity contribution in [3.8, 4) is 18.1 Å². The first kappa shape index (κ1) is 12.6. The van der Waals surface area contributed by atoms with Crippen LogP contribution in [0.2, 0.25) is 0 Å². The maximum atomic E-state index is 5.52. The van der Waals surface area contributed by atoms with Crippen LogP contribution in [0.3, 0.4) is 0 Å². The molecule has 0 radical (unpaired) electrons. The topological polar surface area (TPSA) is 47.3 Å². The molecule has 86 valence electrons. The number of unbranched alkanes of at least 4 members (excludes halogenated alkanes) is 1. The Labute approximate surface area is 97.0 Å². The van der Waals surface area contributed by atoms with Gasteiger partial charge in [-0.3, -0.25) is 11.3 Å². The third-order valence-corrected chi connectivity index (χ3v) is 2.53. The van der Waals surface area contributed by atoms with E-state index in [9.17, 15) is 0 Å². The minimum Gasteiger partial charge on any atom is -0.497 e. The second kappa shape index (κ2) is 6.89. The molecule has 0 heterocycles. The minimum absolute atomic E-state index is 0.152. The van der Waals surface area contributed by atoms with Crippen LogP contribution in [0, 0.1) is 12.3 Å². The summed E-state index contributed by atoms with van der Waals surface area (Å²) in [6.07, 6.45) is 7.91. The molecule has 0 spiro atoms. The second-order valence-corrected chi connectivity index (χ2v) is 3.59. The van der Waals surface area contributed by atoms with Gasteiger partial charge >= 0.3 is 0 Å². The Hall–Kier alpha value is -1.50. The highest BCUT2D eigenvalue weighted by Crippen LogP contribution is 2.21. The first-order valence-electron chi connectivity index (χ1n) is 5.35. The van der Waals surface area contributed by atoms with Gasteiger partial charge in [-0.1, -0.05) is 12.1 Å². The van der Waals surface area contributed by atoms with Gasteiger partial charge in [0.25, 0.3) is 0 Å². The zero-order valence-electron chi connectivity index (χ0n) is 9.57. The number of terminal acetylenes is 1. The van der Waals surface area contributed by atoms with Gasteiger partial charge in [0.2, 0.25) is 0 Å². The van der Waals surface area contributed by atoms with Crippen molar-refractivity contribution in [3.05, 3.63) is 29.8 Å². The van der Waals surface area contributed by atoms with Crippen LogP contribution in [0.15, 0.2) is 24.3 Å². The summed E-state index contributed by atoms with van der Waals surface area (Å²) in [5.41, 5.74) is 3.96. The van der Waals surface area contributed by atoms with Gasteiger partial charge in [-0.15, -0.1) is 12.3 Å². The summed E-state index contributed by atoms with van der Waals surface area (Å²) in [5, 5.41) is 0. The number of nitrogens with two attached hydrogens (primary N) is 1. The molecule has 16 heavy (non-hydrogen) atoms. The molecule has 0 saturated heterocycles.